The standard InChI is InChI=1S/C19H20ClNO3/c1-4-6-14-9-10-17(18(11-14)23-3)24-12-19(22)21-16-8-5-7-15(20)13(16)2/h4-11H,12H2,1-3H3,(H,21,22)/b6-4+. The number of methoxy groups -OCH3 is 1. The van der Waals surface area contributed by atoms with Gasteiger partial charge in [-0.05, 0) is 49.2 Å². The molecule has 0 radical (unpaired) electrons. The van der Waals surface area contributed by atoms with Gasteiger partial charge in [-0.1, -0.05) is 35.9 Å². The number of ether oxygens (including phenoxy) is 2. The van der Waals surface area contributed by atoms with Crippen LogP contribution in [0.4, 0.5) is 5.69 Å². The smallest absolute Gasteiger partial charge is 0.262 e. The fraction of sp³-hybridized carbons (Fsp3) is 0.211. The van der Waals surface area contributed by atoms with Crippen molar-refractivity contribution in [3.8, 4) is 11.5 Å². The lowest BCUT2D eigenvalue weighted by molar-refractivity contribution is -0.118. The lowest BCUT2D eigenvalue weighted by Crippen LogP contribution is -2.20. The molecule has 1 N–H and O–H groups in total. The molecule has 4 nitrogen and oxygen atoms in total. The van der Waals surface area contributed by atoms with Crippen molar-refractivity contribution < 1.29 is 14.3 Å². The Labute approximate surface area is 147 Å². The molecule has 0 aromatic heterocycles. The molecule has 0 unspecified atom stereocenters. The zero-order valence-electron chi connectivity index (χ0n) is 13.9. The van der Waals surface area contributed by atoms with Crippen molar-refractivity contribution in [2.45, 2.75) is 13.8 Å². The summed E-state index contributed by atoms with van der Waals surface area (Å²) in [7, 11) is 1.57. The van der Waals surface area contributed by atoms with E-state index in [-0.39, 0.29) is 12.5 Å². The number of halogens is 1. The molecule has 0 spiro atoms. The second-order valence-electron chi connectivity index (χ2n) is 5.16. The Balaban J connectivity index is 2.02. The first kappa shape index (κ1) is 17.9. The topological polar surface area (TPSA) is 47.6 Å². The van der Waals surface area contributed by atoms with Gasteiger partial charge in [0.2, 0.25) is 0 Å². The maximum atomic E-state index is 12.1. The zero-order valence-corrected chi connectivity index (χ0v) is 14.7. The molecule has 0 saturated carbocycles. The molecule has 0 atom stereocenters. The van der Waals surface area contributed by atoms with Gasteiger partial charge in [-0.3, -0.25) is 4.79 Å². The van der Waals surface area contributed by atoms with Gasteiger partial charge < -0.3 is 14.8 Å². The van der Waals surface area contributed by atoms with Gasteiger partial charge in [-0.2, -0.15) is 0 Å². The summed E-state index contributed by atoms with van der Waals surface area (Å²) in [6.07, 6.45) is 3.90. The minimum absolute atomic E-state index is 0.120. The van der Waals surface area contributed by atoms with Gasteiger partial charge in [0.25, 0.3) is 5.91 Å². The predicted octanol–water partition coefficient (Wildman–Crippen LogP) is 4.71. The van der Waals surface area contributed by atoms with Crippen LogP contribution in [0.5, 0.6) is 11.5 Å². The van der Waals surface area contributed by atoms with E-state index in [1.54, 1.807) is 31.4 Å². The number of benzene rings is 2. The van der Waals surface area contributed by atoms with E-state index in [1.165, 1.54) is 0 Å². The van der Waals surface area contributed by atoms with Crippen molar-refractivity contribution in [3.63, 3.8) is 0 Å². The number of rotatable bonds is 6. The predicted molar refractivity (Wildman–Crippen MR) is 98.0 cm³/mol. The highest BCUT2D eigenvalue weighted by atomic mass is 35.5. The lowest BCUT2D eigenvalue weighted by Gasteiger charge is -2.12. The van der Waals surface area contributed by atoms with Gasteiger partial charge in [-0.25, -0.2) is 0 Å². The van der Waals surface area contributed by atoms with Crippen molar-refractivity contribution >= 4 is 29.3 Å². The summed E-state index contributed by atoms with van der Waals surface area (Å²) < 4.78 is 10.9. The maximum absolute atomic E-state index is 12.1. The molecule has 0 aliphatic rings. The van der Waals surface area contributed by atoms with Crippen molar-refractivity contribution in [2.75, 3.05) is 19.0 Å². The number of nitrogens with one attached hydrogen (secondary N) is 1. The largest absolute Gasteiger partial charge is 0.493 e. The summed E-state index contributed by atoms with van der Waals surface area (Å²) in [5.41, 5.74) is 2.49. The highest BCUT2D eigenvalue weighted by Crippen LogP contribution is 2.28. The normalized spacial score (nSPS) is 10.7. The molecule has 0 aliphatic heterocycles. The Morgan fingerprint density at radius 1 is 1.25 bits per heavy atom. The summed E-state index contributed by atoms with van der Waals surface area (Å²) in [5.74, 6) is 0.834. The second kappa shape index (κ2) is 8.41. The molecule has 2 aromatic rings. The van der Waals surface area contributed by atoms with Crippen molar-refractivity contribution in [1.29, 1.82) is 0 Å². The molecule has 2 rings (SSSR count). The monoisotopic (exact) mass is 345 g/mol. The SMILES string of the molecule is C/C=C/c1ccc(OCC(=O)Nc2cccc(Cl)c2C)c(OC)c1. The summed E-state index contributed by atoms with van der Waals surface area (Å²) >= 11 is 6.05. The number of carbonyl (C=O) groups is 1. The summed E-state index contributed by atoms with van der Waals surface area (Å²) in [4.78, 5) is 12.1. The van der Waals surface area contributed by atoms with Crippen LogP contribution in [0.1, 0.15) is 18.1 Å². The Kier molecular flexibility index (Phi) is 6.27. The van der Waals surface area contributed by atoms with Gasteiger partial charge in [0.05, 0.1) is 7.11 Å². The van der Waals surface area contributed by atoms with Crippen molar-refractivity contribution in [1.82, 2.24) is 0 Å². The second-order valence-corrected chi connectivity index (χ2v) is 5.57. The Morgan fingerprint density at radius 2 is 2.04 bits per heavy atom. The number of amides is 1. The van der Waals surface area contributed by atoms with E-state index in [0.29, 0.717) is 22.2 Å². The van der Waals surface area contributed by atoms with Crippen LogP contribution >= 0.6 is 11.6 Å². The number of hydrogen-bond donors (Lipinski definition) is 1. The highest BCUT2D eigenvalue weighted by Gasteiger charge is 2.10. The van der Waals surface area contributed by atoms with Gasteiger partial charge in [0.15, 0.2) is 18.1 Å². The Hall–Kier alpha value is -2.46. The maximum Gasteiger partial charge on any atom is 0.262 e. The summed E-state index contributed by atoms with van der Waals surface area (Å²) in [6, 6.07) is 10.9. The molecule has 0 aliphatic carbocycles. The third kappa shape index (κ3) is 4.52. The molecule has 5 heteroatoms. The molecule has 2 aromatic carbocycles. The van der Waals surface area contributed by atoms with Crippen LogP contribution in [0, 0.1) is 6.92 Å². The van der Waals surface area contributed by atoms with Gasteiger partial charge in [0.1, 0.15) is 0 Å². The van der Waals surface area contributed by atoms with Crippen molar-refractivity contribution in [2.24, 2.45) is 0 Å². The van der Waals surface area contributed by atoms with E-state index in [2.05, 4.69) is 5.32 Å². The minimum atomic E-state index is -0.264. The minimum Gasteiger partial charge on any atom is -0.493 e. The van der Waals surface area contributed by atoms with Crippen LogP contribution in [-0.2, 0) is 4.79 Å². The van der Waals surface area contributed by atoms with Crippen molar-refractivity contribution in [3.05, 3.63) is 58.6 Å². The zero-order chi connectivity index (χ0) is 17.5. The molecule has 0 fully saturated rings. The molecule has 126 valence electrons. The van der Waals surface area contributed by atoms with Crippen LogP contribution in [0.2, 0.25) is 5.02 Å². The fourth-order valence-corrected chi connectivity index (χ4v) is 2.35. The Morgan fingerprint density at radius 3 is 2.75 bits per heavy atom. The molecule has 0 heterocycles. The van der Waals surface area contributed by atoms with E-state index in [4.69, 9.17) is 21.1 Å². The van der Waals surface area contributed by atoms with Gasteiger partial charge in [0, 0.05) is 10.7 Å². The van der Waals surface area contributed by atoms with E-state index in [0.717, 1.165) is 11.1 Å². The summed E-state index contributed by atoms with van der Waals surface area (Å²) in [5, 5.41) is 3.40. The molecular weight excluding hydrogens is 326 g/mol. The number of hydrogen-bond acceptors (Lipinski definition) is 3. The molecule has 0 saturated heterocycles. The third-order valence-corrected chi connectivity index (χ3v) is 3.86. The third-order valence-electron chi connectivity index (χ3n) is 3.45. The van der Waals surface area contributed by atoms with E-state index < -0.39 is 0 Å². The fourth-order valence-electron chi connectivity index (χ4n) is 2.17. The van der Waals surface area contributed by atoms with Crippen LogP contribution in [0.15, 0.2) is 42.5 Å². The summed E-state index contributed by atoms with van der Waals surface area (Å²) in [6.45, 7) is 3.67. The number of anilines is 1. The van der Waals surface area contributed by atoms with E-state index in [1.807, 2.05) is 38.1 Å². The molecular formula is C19H20ClNO3. The van der Waals surface area contributed by atoms with Crippen LogP contribution in [0.3, 0.4) is 0 Å². The lowest BCUT2D eigenvalue weighted by atomic mass is 10.2. The quantitative estimate of drug-likeness (QED) is 0.824. The van der Waals surface area contributed by atoms with Crippen LogP contribution < -0.4 is 14.8 Å². The first-order valence-corrected chi connectivity index (χ1v) is 7.91. The van der Waals surface area contributed by atoms with E-state index in [9.17, 15) is 4.79 Å². The average molecular weight is 346 g/mol. The first-order valence-electron chi connectivity index (χ1n) is 7.53. The number of carbonyl (C=O) groups excluding carboxylic acids is 1. The Bertz CT molecular complexity index is 756. The molecule has 1 amide bonds. The van der Waals surface area contributed by atoms with Crippen LogP contribution in [-0.4, -0.2) is 19.6 Å². The average Bonchev–Trinajstić information content (AvgIpc) is 2.58. The van der Waals surface area contributed by atoms with E-state index >= 15 is 0 Å². The molecule has 0 bridgehead atoms. The van der Waals surface area contributed by atoms with Gasteiger partial charge >= 0.3 is 0 Å². The van der Waals surface area contributed by atoms with Crippen LogP contribution in [0.25, 0.3) is 6.08 Å². The first-order chi connectivity index (χ1) is 11.5. The van der Waals surface area contributed by atoms with Gasteiger partial charge in [-0.15, -0.1) is 0 Å². The highest BCUT2D eigenvalue weighted by molar-refractivity contribution is 6.31. The number of allylic oxidation sites excluding steroid dienone is 1. The molecule has 24 heavy (non-hydrogen) atoms.